The highest BCUT2D eigenvalue weighted by molar-refractivity contribution is 5.58. The molecule has 0 bridgehead atoms. The van der Waals surface area contributed by atoms with Crippen molar-refractivity contribution in [1.82, 2.24) is 0 Å². The molecule has 2 aromatic carbocycles. The number of nitrogens with one attached hydrogen (secondary N) is 1. The first kappa shape index (κ1) is 12.9. The maximum atomic E-state index is 6.16. The van der Waals surface area contributed by atoms with Crippen molar-refractivity contribution in [3.05, 3.63) is 65.2 Å². The van der Waals surface area contributed by atoms with Crippen molar-refractivity contribution in [3.63, 3.8) is 0 Å². The van der Waals surface area contributed by atoms with Crippen LogP contribution in [-0.4, -0.2) is 6.61 Å². The Morgan fingerprint density at radius 3 is 2.81 bits per heavy atom. The largest absolute Gasteiger partial charge is 0.378 e. The van der Waals surface area contributed by atoms with E-state index in [1.165, 1.54) is 28.8 Å². The Bertz CT molecular complexity index is 637. The molecule has 1 fully saturated rings. The van der Waals surface area contributed by atoms with Gasteiger partial charge in [0.15, 0.2) is 0 Å². The van der Waals surface area contributed by atoms with E-state index in [-0.39, 0.29) is 6.10 Å². The topological polar surface area (TPSA) is 21.3 Å². The summed E-state index contributed by atoms with van der Waals surface area (Å²) in [6, 6.07) is 17.8. The maximum absolute atomic E-state index is 6.16. The summed E-state index contributed by atoms with van der Waals surface area (Å²) in [5.41, 5.74) is 5.23. The lowest BCUT2D eigenvalue weighted by Crippen LogP contribution is -2.36. The Hall–Kier alpha value is -1.80. The van der Waals surface area contributed by atoms with Gasteiger partial charge in [0.05, 0.1) is 12.1 Å². The second-order valence-electron chi connectivity index (χ2n) is 6.22. The Morgan fingerprint density at radius 1 is 1.10 bits per heavy atom. The quantitative estimate of drug-likeness (QED) is 0.821. The van der Waals surface area contributed by atoms with Gasteiger partial charge in [0.2, 0.25) is 0 Å². The Labute approximate surface area is 126 Å². The Morgan fingerprint density at radius 2 is 1.95 bits per heavy atom. The summed E-state index contributed by atoms with van der Waals surface area (Å²) < 4.78 is 6.16. The Kier molecular flexibility index (Phi) is 3.19. The molecule has 4 rings (SSSR count). The summed E-state index contributed by atoms with van der Waals surface area (Å²) in [7, 11) is 0. The molecule has 0 spiro atoms. The highest BCUT2D eigenvalue weighted by Crippen LogP contribution is 2.49. The zero-order valence-corrected chi connectivity index (χ0v) is 12.4. The van der Waals surface area contributed by atoms with Gasteiger partial charge >= 0.3 is 0 Å². The first-order chi connectivity index (χ1) is 10.3. The highest BCUT2D eigenvalue weighted by atomic mass is 16.5. The number of ether oxygens (including phenoxy) is 1. The van der Waals surface area contributed by atoms with Gasteiger partial charge in [-0.2, -0.15) is 0 Å². The number of hydrogen-bond donors (Lipinski definition) is 1. The molecule has 108 valence electrons. The molecular weight excluding hydrogens is 258 g/mol. The lowest BCUT2D eigenvalue weighted by Gasteiger charge is -2.43. The van der Waals surface area contributed by atoms with Crippen molar-refractivity contribution in [3.8, 4) is 0 Å². The molecule has 2 aliphatic heterocycles. The smallest absolute Gasteiger partial charge is 0.0895 e. The molecule has 2 aliphatic rings. The van der Waals surface area contributed by atoms with Crippen molar-refractivity contribution < 1.29 is 4.74 Å². The predicted octanol–water partition coefficient (Wildman–Crippen LogP) is 4.63. The van der Waals surface area contributed by atoms with E-state index in [0.717, 1.165) is 13.0 Å². The first-order valence-corrected chi connectivity index (χ1v) is 7.86. The second-order valence-corrected chi connectivity index (χ2v) is 6.22. The molecule has 0 amide bonds. The molecule has 0 aromatic heterocycles. The fourth-order valence-corrected chi connectivity index (χ4v) is 3.77. The maximum Gasteiger partial charge on any atom is 0.0895 e. The lowest BCUT2D eigenvalue weighted by molar-refractivity contribution is -0.0381. The Balaban J connectivity index is 1.79. The van der Waals surface area contributed by atoms with Crippen LogP contribution in [0.1, 0.15) is 41.7 Å². The molecule has 2 heteroatoms. The predicted molar refractivity (Wildman–Crippen MR) is 85.4 cm³/mol. The zero-order chi connectivity index (χ0) is 14.2. The molecule has 21 heavy (non-hydrogen) atoms. The molecule has 2 heterocycles. The number of anilines is 1. The molecule has 1 saturated heterocycles. The summed E-state index contributed by atoms with van der Waals surface area (Å²) in [5, 5.41) is 3.77. The van der Waals surface area contributed by atoms with E-state index >= 15 is 0 Å². The van der Waals surface area contributed by atoms with Crippen LogP contribution in [0.15, 0.2) is 48.5 Å². The van der Waals surface area contributed by atoms with Gasteiger partial charge < -0.3 is 10.1 Å². The molecule has 2 aromatic rings. The van der Waals surface area contributed by atoms with Crippen LogP contribution < -0.4 is 5.32 Å². The third kappa shape index (κ3) is 2.24. The lowest BCUT2D eigenvalue weighted by atomic mass is 9.77. The summed E-state index contributed by atoms with van der Waals surface area (Å²) in [5.74, 6) is 0.524. The summed E-state index contributed by atoms with van der Waals surface area (Å²) >= 11 is 0. The van der Waals surface area contributed by atoms with Crippen LogP contribution in [0.25, 0.3) is 0 Å². The minimum Gasteiger partial charge on any atom is -0.378 e. The molecular formula is C19H21NO. The molecule has 0 radical (unpaired) electrons. The van der Waals surface area contributed by atoms with Gasteiger partial charge in [-0.3, -0.25) is 0 Å². The van der Waals surface area contributed by atoms with Crippen molar-refractivity contribution in [1.29, 1.82) is 0 Å². The monoisotopic (exact) mass is 279 g/mol. The normalized spacial score (nSPS) is 27.4. The van der Waals surface area contributed by atoms with Crippen molar-refractivity contribution in [2.45, 2.75) is 31.9 Å². The zero-order valence-electron chi connectivity index (χ0n) is 12.4. The molecule has 2 nitrogen and oxygen atoms in total. The number of rotatable bonds is 1. The molecule has 0 saturated carbocycles. The van der Waals surface area contributed by atoms with E-state index < -0.39 is 0 Å². The first-order valence-electron chi connectivity index (χ1n) is 7.86. The van der Waals surface area contributed by atoms with Crippen LogP contribution in [0, 0.1) is 12.8 Å². The fourth-order valence-electron chi connectivity index (χ4n) is 3.77. The highest BCUT2D eigenvalue weighted by Gasteiger charge is 2.39. The van der Waals surface area contributed by atoms with Crippen molar-refractivity contribution in [2.24, 2.45) is 5.92 Å². The average Bonchev–Trinajstić information content (AvgIpc) is 2.54. The fraction of sp³-hybridized carbons (Fsp3) is 0.368. The summed E-state index contributed by atoms with van der Waals surface area (Å²) in [4.78, 5) is 0. The average molecular weight is 279 g/mol. The van der Waals surface area contributed by atoms with Gasteiger partial charge in [0.1, 0.15) is 0 Å². The second kappa shape index (κ2) is 5.19. The van der Waals surface area contributed by atoms with Crippen LogP contribution in [0.2, 0.25) is 0 Å². The molecule has 0 aliphatic carbocycles. The van der Waals surface area contributed by atoms with Crippen LogP contribution in [0.3, 0.4) is 0 Å². The number of benzene rings is 2. The van der Waals surface area contributed by atoms with E-state index in [1.54, 1.807) is 0 Å². The van der Waals surface area contributed by atoms with Gasteiger partial charge in [-0.25, -0.2) is 0 Å². The minimum atomic E-state index is 0.237. The third-order valence-corrected chi connectivity index (χ3v) is 4.78. The number of aryl methyl sites for hydroxylation is 1. The van der Waals surface area contributed by atoms with Crippen molar-refractivity contribution in [2.75, 3.05) is 11.9 Å². The van der Waals surface area contributed by atoms with E-state index in [1.807, 2.05) is 0 Å². The molecule has 1 N–H and O–H groups in total. The van der Waals surface area contributed by atoms with Crippen molar-refractivity contribution >= 4 is 5.69 Å². The van der Waals surface area contributed by atoms with E-state index in [0.29, 0.717) is 12.0 Å². The van der Waals surface area contributed by atoms with Crippen LogP contribution in [0.4, 0.5) is 5.69 Å². The van der Waals surface area contributed by atoms with Gasteiger partial charge in [0.25, 0.3) is 0 Å². The molecule has 0 unspecified atom stereocenters. The van der Waals surface area contributed by atoms with Crippen LogP contribution in [-0.2, 0) is 4.74 Å². The number of hydrogen-bond acceptors (Lipinski definition) is 2. The SMILES string of the molecule is Cc1ccc2c(c1)N[C@H](c1ccccc1)[C@@H]1CCCO[C@H]21. The van der Waals surface area contributed by atoms with Crippen LogP contribution in [0.5, 0.6) is 0 Å². The minimum absolute atomic E-state index is 0.237. The van der Waals surface area contributed by atoms with Gasteiger partial charge in [-0.15, -0.1) is 0 Å². The number of fused-ring (bicyclic) bond motifs is 3. The molecule has 3 atom stereocenters. The van der Waals surface area contributed by atoms with E-state index in [2.05, 4.69) is 60.8 Å². The van der Waals surface area contributed by atoms with E-state index in [9.17, 15) is 0 Å². The third-order valence-electron chi connectivity index (χ3n) is 4.78. The van der Waals surface area contributed by atoms with Gasteiger partial charge in [0, 0.05) is 23.8 Å². The van der Waals surface area contributed by atoms with Gasteiger partial charge in [-0.05, 0) is 37.0 Å². The summed E-state index contributed by atoms with van der Waals surface area (Å²) in [6.45, 7) is 3.03. The van der Waals surface area contributed by atoms with Crippen LogP contribution >= 0.6 is 0 Å². The standard InChI is InChI=1S/C19H21NO/c1-13-9-10-15-17(12-13)20-18(14-6-3-2-4-7-14)16-8-5-11-21-19(15)16/h2-4,6-7,9-10,12,16,18-20H,5,8,11H2,1H3/t16-,18+,19+/m0/s1. The van der Waals surface area contributed by atoms with Gasteiger partial charge in [-0.1, -0.05) is 42.5 Å². The van der Waals surface area contributed by atoms with E-state index in [4.69, 9.17) is 4.74 Å². The summed E-state index contributed by atoms with van der Waals surface area (Å²) in [6.07, 6.45) is 2.62.